The van der Waals surface area contributed by atoms with Gasteiger partial charge in [-0.25, -0.2) is 8.42 Å². The van der Waals surface area contributed by atoms with Gasteiger partial charge in [-0.15, -0.1) is 0 Å². The smallest absolute Gasteiger partial charge is 0.257 e. The summed E-state index contributed by atoms with van der Waals surface area (Å²) in [6, 6.07) is 14.8. The van der Waals surface area contributed by atoms with E-state index in [1.165, 1.54) is 15.9 Å². The Balaban J connectivity index is 1.37. The molecule has 0 radical (unpaired) electrons. The molecule has 10 heteroatoms. The number of nitrogens with zero attached hydrogens (tertiary/aromatic N) is 2. The zero-order valence-corrected chi connectivity index (χ0v) is 19.3. The fourth-order valence-electron chi connectivity index (χ4n) is 3.24. The molecule has 0 unspecified atom stereocenters. The van der Waals surface area contributed by atoms with Crippen LogP contribution in [0.3, 0.4) is 0 Å². The van der Waals surface area contributed by atoms with Crippen molar-refractivity contribution >= 4 is 39.1 Å². The molecule has 0 aliphatic carbocycles. The van der Waals surface area contributed by atoms with E-state index in [0.717, 1.165) is 6.54 Å². The third-order valence-corrected chi connectivity index (χ3v) is 7.31. The van der Waals surface area contributed by atoms with Crippen LogP contribution in [0.25, 0.3) is 0 Å². The maximum absolute atomic E-state index is 12.6. The van der Waals surface area contributed by atoms with Crippen molar-refractivity contribution in [2.75, 3.05) is 45.1 Å². The number of benzene rings is 2. The highest BCUT2D eigenvalue weighted by atomic mass is 35.5. The Morgan fingerprint density at radius 2 is 1.74 bits per heavy atom. The normalized spacial score (nSPS) is 15.5. The van der Waals surface area contributed by atoms with Gasteiger partial charge in [0.15, 0.2) is 6.61 Å². The molecule has 31 heavy (non-hydrogen) atoms. The minimum absolute atomic E-state index is 0.0170. The van der Waals surface area contributed by atoms with Crippen molar-refractivity contribution < 1.29 is 17.9 Å². The molecule has 1 fully saturated rings. The molecule has 1 amide bonds. The van der Waals surface area contributed by atoms with Crippen LogP contribution in [0.4, 0.5) is 0 Å². The fourth-order valence-corrected chi connectivity index (χ4v) is 5.04. The maximum Gasteiger partial charge on any atom is 0.257 e. The second kappa shape index (κ2) is 11.2. The van der Waals surface area contributed by atoms with Crippen molar-refractivity contribution in [2.45, 2.75) is 6.54 Å². The van der Waals surface area contributed by atoms with Crippen LogP contribution >= 0.6 is 23.2 Å². The van der Waals surface area contributed by atoms with E-state index in [1.54, 1.807) is 12.1 Å². The van der Waals surface area contributed by atoms with Crippen LogP contribution in [0.5, 0.6) is 5.75 Å². The van der Waals surface area contributed by atoms with E-state index in [9.17, 15) is 13.2 Å². The number of sulfonamides is 1. The number of hydrogen-bond donors (Lipinski definition) is 1. The van der Waals surface area contributed by atoms with Gasteiger partial charge < -0.3 is 10.1 Å². The third kappa shape index (κ3) is 7.36. The third-order valence-electron chi connectivity index (χ3n) is 4.91. The summed E-state index contributed by atoms with van der Waals surface area (Å²) in [5, 5.41) is 3.34. The first-order valence-corrected chi connectivity index (χ1v) is 12.3. The lowest BCUT2D eigenvalue weighted by atomic mass is 10.2. The zero-order valence-electron chi connectivity index (χ0n) is 17.0. The molecular formula is C21H25Cl2N3O4S. The van der Waals surface area contributed by atoms with E-state index < -0.39 is 15.9 Å². The van der Waals surface area contributed by atoms with E-state index in [4.69, 9.17) is 27.9 Å². The van der Waals surface area contributed by atoms with Gasteiger partial charge in [-0.2, -0.15) is 4.31 Å². The van der Waals surface area contributed by atoms with Crippen molar-refractivity contribution in [3.8, 4) is 5.75 Å². The molecule has 1 saturated heterocycles. The fraction of sp³-hybridized carbons (Fsp3) is 0.381. The van der Waals surface area contributed by atoms with Gasteiger partial charge in [0, 0.05) is 44.3 Å². The summed E-state index contributed by atoms with van der Waals surface area (Å²) in [7, 11) is -3.44. The predicted octanol–water partition coefficient (Wildman–Crippen LogP) is 2.64. The van der Waals surface area contributed by atoms with Crippen LogP contribution in [0.15, 0.2) is 48.5 Å². The van der Waals surface area contributed by atoms with Gasteiger partial charge in [-0.05, 0) is 23.8 Å². The van der Waals surface area contributed by atoms with E-state index in [0.29, 0.717) is 42.0 Å². The van der Waals surface area contributed by atoms with Gasteiger partial charge in [0.25, 0.3) is 5.91 Å². The van der Waals surface area contributed by atoms with Gasteiger partial charge in [0.2, 0.25) is 10.0 Å². The Bertz CT molecular complexity index is 981. The maximum atomic E-state index is 12.6. The number of carbonyl (C=O) groups is 1. The summed E-state index contributed by atoms with van der Waals surface area (Å²) in [4.78, 5) is 14.2. The standard InChI is InChI=1S/C21H25Cl2N3O4S/c22-18-6-7-20(19(23)14-18)30-16-21(27)24-8-13-31(28,29)26-11-9-25(10-12-26)15-17-4-2-1-3-5-17/h1-7,14H,8-13,15-16H2,(H,24,27). The molecule has 0 saturated carbocycles. The summed E-state index contributed by atoms with van der Waals surface area (Å²) in [5.41, 5.74) is 1.21. The first-order chi connectivity index (χ1) is 14.8. The van der Waals surface area contributed by atoms with Crippen molar-refractivity contribution in [1.82, 2.24) is 14.5 Å². The summed E-state index contributed by atoms with van der Waals surface area (Å²) < 4.78 is 32.0. The molecular weight excluding hydrogens is 461 g/mol. The topological polar surface area (TPSA) is 78.9 Å². The minimum Gasteiger partial charge on any atom is -0.482 e. The average molecular weight is 486 g/mol. The Kier molecular flexibility index (Phi) is 8.57. The number of amides is 1. The van der Waals surface area contributed by atoms with Gasteiger partial charge in [-0.1, -0.05) is 53.5 Å². The quantitative estimate of drug-likeness (QED) is 0.590. The number of carbonyl (C=O) groups excluding carboxylic acids is 1. The zero-order chi connectivity index (χ0) is 22.3. The van der Waals surface area contributed by atoms with Gasteiger partial charge in [0.1, 0.15) is 5.75 Å². The average Bonchev–Trinajstić information content (AvgIpc) is 2.74. The lowest BCUT2D eigenvalue weighted by Gasteiger charge is -2.34. The van der Waals surface area contributed by atoms with Crippen molar-refractivity contribution in [3.63, 3.8) is 0 Å². The largest absolute Gasteiger partial charge is 0.482 e. The SMILES string of the molecule is O=C(COc1ccc(Cl)cc1Cl)NCCS(=O)(=O)N1CCN(Cc2ccccc2)CC1. The molecule has 1 heterocycles. The van der Waals surface area contributed by atoms with E-state index in [-0.39, 0.29) is 18.9 Å². The Morgan fingerprint density at radius 3 is 2.42 bits per heavy atom. The summed E-state index contributed by atoms with van der Waals surface area (Å²) in [5.74, 6) is -0.241. The molecule has 2 aromatic rings. The number of piperazine rings is 1. The van der Waals surface area contributed by atoms with Crippen molar-refractivity contribution in [2.24, 2.45) is 0 Å². The van der Waals surface area contributed by atoms with Crippen LogP contribution in [0.1, 0.15) is 5.56 Å². The van der Waals surface area contributed by atoms with Gasteiger partial charge in [0.05, 0.1) is 10.8 Å². The van der Waals surface area contributed by atoms with Crippen LogP contribution in [0.2, 0.25) is 10.0 Å². The second-order valence-electron chi connectivity index (χ2n) is 7.19. The van der Waals surface area contributed by atoms with E-state index in [2.05, 4.69) is 22.3 Å². The number of hydrogen-bond acceptors (Lipinski definition) is 5. The Labute approximate surface area is 192 Å². The highest BCUT2D eigenvalue weighted by Gasteiger charge is 2.26. The first-order valence-electron chi connectivity index (χ1n) is 9.92. The molecule has 3 rings (SSSR count). The van der Waals surface area contributed by atoms with Crippen LogP contribution in [0, 0.1) is 0 Å². The summed E-state index contributed by atoms with van der Waals surface area (Å²) in [6.45, 7) is 2.81. The van der Waals surface area contributed by atoms with Gasteiger partial charge in [-0.3, -0.25) is 9.69 Å². The number of nitrogens with one attached hydrogen (secondary N) is 1. The lowest BCUT2D eigenvalue weighted by molar-refractivity contribution is -0.122. The molecule has 0 spiro atoms. The van der Waals surface area contributed by atoms with Crippen molar-refractivity contribution in [1.29, 1.82) is 0 Å². The molecule has 2 aromatic carbocycles. The molecule has 7 nitrogen and oxygen atoms in total. The number of halogens is 2. The molecule has 168 valence electrons. The number of rotatable bonds is 9. The molecule has 1 aliphatic rings. The minimum atomic E-state index is -3.44. The van der Waals surface area contributed by atoms with Crippen molar-refractivity contribution in [3.05, 3.63) is 64.1 Å². The molecule has 0 bridgehead atoms. The molecule has 1 N–H and O–H groups in total. The molecule has 1 aliphatic heterocycles. The van der Waals surface area contributed by atoms with Crippen LogP contribution < -0.4 is 10.1 Å². The second-order valence-corrected chi connectivity index (χ2v) is 10.1. The Hall–Kier alpha value is -1.84. The summed E-state index contributed by atoms with van der Waals surface area (Å²) >= 11 is 11.8. The number of ether oxygens (including phenoxy) is 1. The van der Waals surface area contributed by atoms with Crippen LogP contribution in [-0.4, -0.2) is 68.6 Å². The highest BCUT2D eigenvalue weighted by molar-refractivity contribution is 7.89. The molecule has 0 aromatic heterocycles. The first kappa shape index (κ1) is 23.8. The highest BCUT2D eigenvalue weighted by Crippen LogP contribution is 2.27. The lowest BCUT2D eigenvalue weighted by Crippen LogP contribution is -2.49. The Morgan fingerprint density at radius 1 is 1.03 bits per heavy atom. The van der Waals surface area contributed by atoms with E-state index >= 15 is 0 Å². The van der Waals surface area contributed by atoms with Crippen LogP contribution in [-0.2, 0) is 21.4 Å². The van der Waals surface area contributed by atoms with Gasteiger partial charge >= 0.3 is 0 Å². The predicted molar refractivity (Wildman–Crippen MR) is 122 cm³/mol. The monoisotopic (exact) mass is 485 g/mol. The molecule has 0 atom stereocenters. The van der Waals surface area contributed by atoms with E-state index in [1.807, 2.05) is 18.2 Å². The summed E-state index contributed by atoms with van der Waals surface area (Å²) in [6.07, 6.45) is 0.